The zero-order valence-corrected chi connectivity index (χ0v) is 11.6. The third kappa shape index (κ3) is 3.09. The molecular weight excluding hydrogens is 252 g/mol. The number of nitrogen functional groups attached to an aromatic ring is 1. The monoisotopic (exact) mass is 270 g/mol. The highest BCUT2D eigenvalue weighted by Gasteiger charge is 2.11. The molecule has 20 heavy (non-hydrogen) atoms. The fraction of sp³-hybridized carbons (Fsp3) is 0.188. The standard InChI is InChI=1S/C16H18N2O2/c1-10(2)11-4-3-5-13(8-11)18-15-7-6-12(17)9-14(15)16(19)20/h3-10,18H,17H2,1-2H3,(H,19,20). The summed E-state index contributed by atoms with van der Waals surface area (Å²) >= 11 is 0. The molecule has 0 bridgehead atoms. The Hall–Kier alpha value is -2.49. The number of carboxylic acid groups (broad SMARTS) is 1. The molecule has 0 aliphatic rings. The van der Waals surface area contributed by atoms with Crippen molar-refractivity contribution in [2.75, 3.05) is 11.1 Å². The second-order valence-electron chi connectivity index (χ2n) is 5.02. The fourth-order valence-corrected chi connectivity index (χ4v) is 1.98. The highest BCUT2D eigenvalue weighted by atomic mass is 16.4. The minimum Gasteiger partial charge on any atom is -0.478 e. The summed E-state index contributed by atoms with van der Waals surface area (Å²) in [5.41, 5.74) is 8.83. The van der Waals surface area contributed by atoms with Gasteiger partial charge in [0.15, 0.2) is 0 Å². The van der Waals surface area contributed by atoms with Gasteiger partial charge in [-0.3, -0.25) is 0 Å². The summed E-state index contributed by atoms with van der Waals surface area (Å²) in [6.45, 7) is 4.23. The molecule has 4 nitrogen and oxygen atoms in total. The zero-order chi connectivity index (χ0) is 14.7. The third-order valence-electron chi connectivity index (χ3n) is 3.11. The normalized spacial score (nSPS) is 10.6. The maximum Gasteiger partial charge on any atom is 0.337 e. The summed E-state index contributed by atoms with van der Waals surface area (Å²) < 4.78 is 0. The van der Waals surface area contributed by atoms with Crippen LogP contribution in [-0.4, -0.2) is 11.1 Å². The molecule has 0 saturated heterocycles. The van der Waals surface area contributed by atoms with E-state index < -0.39 is 5.97 Å². The molecule has 0 radical (unpaired) electrons. The lowest BCUT2D eigenvalue weighted by molar-refractivity contribution is 0.0698. The van der Waals surface area contributed by atoms with Gasteiger partial charge in [-0.1, -0.05) is 26.0 Å². The van der Waals surface area contributed by atoms with Gasteiger partial charge >= 0.3 is 5.97 Å². The van der Waals surface area contributed by atoms with Crippen molar-refractivity contribution in [3.63, 3.8) is 0 Å². The van der Waals surface area contributed by atoms with Crippen LogP contribution in [0.1, 0.15) is 35.7 Å². The van der Waals surface area contributed by atoms with Crippen LogP contribution in [0.25, 0.3) is 0 Å². The minimum absolute atomic E-state index is 0.167. The molecule has 2 aromatic rings. The van der Waals surface area contributed by atoms with Crippen molar-refractivity contribution in [1.29, 1.82) is 0 Å². The molecule has 2 rings (SSSR count). The molecule has 4 N–H and O–H groups in total. The minimum atomic E-state index is -1.00. The van der Waals surface area contributed by atoms with Gasteiger partial charge in [0.2, 0.25) is 0 Å². The lowest BCUT2D eigenvalue weighted by atomic mass is 10.0. The van der Waals surface area contributed by atoms with E-state index in [9.17, 15) is 9.90 Å². The van der Waals surface area contributed by atoms with Gasteiger partial charge in [0.1, 0.15) is 0 Å². The lowest BCUT2D eigenvalue weighted by Gasteiger charge is -2.12. The second kappa shape index (κ2) is 5.65. The Morgan fingerprint density at radius 1 is 1.20 bits per heavy atom. The number of nitrogens with one attached hydrogen (secondary N) is 1. The Balaban J connectivity index is 2.35. The van der Waals surface area contributed by atoms with E-state index in [-0.39, 0.29) is 5.56 Å². The highest BCUT2D eigenvalue weighted by molar-refractivity contribution is 5.96. The van der Waals surface area contributed by atoms with Gasteiger partial charge in [-0.2, -0.15) is 0 Å². The maximum absolute atomic E-state index is 11.2. The number of carboxylic acids is 1. The number of hydrogen-bond acceptors (Lipinski definition) is 3. The van der Waals surface area contributed by atoms with Crippen molar-refractivity contribution in [1.82, 2.24) is 0 Å². The average molecular weight is 270 g/mol. The Morgan fingerprint density at radius 2 is 1.95 bits per heavy atom. The Bertz CT molecular complexity index is 636. The van der Waals surface area contributed by atoms with Crippen LogP contribution in [0.5, 0.6) is 0 Å². The quantitative estimate of drug-likeness (QED) is 0.738. The van der Waals surface area contributed by atoms with Crippen LogP contribution in [0.3, 0.4) is 0 Å². The van der Waals surface area contributed by atoms with Crippen molar-refractivity contribution in [2.24, 2.45) is 0 Å². The van der Waals surface area contributed by atoms with Crippen LogP contribution in [0.4, 0.5) is 17.1 Å². The highest BCUT2D eigenvalue weighted by Crippen LogP contribution is 2.25. The SMILES string of the molecule is CC(C)c1cccc(Nc2ccc(N)cc2C(=O)O)c1. The van der Waals surface area contributed by atoms with Gasteiger partial charge in [-0.05, 0) is 41.8 Å². The molecule has 0 saturated carbocycles. The van der Waals surface area contributed by atoms with Gasteiger partial charge in [0.05, 0.1) is 11.3 Å². The number of carbonyl (C=O) groups is 1. The van der Waals surface area contributed by atoms with Crippen LogP contribution in [0, 0.1) is 0 Å². The number of hydrogen-bond donors (Lipinski definition) is 3. The smallest absolute Gasteiger partial charge is 0.337 e. The summed E-state index contributed by atoms with van der Waals surface area (Å²) in [4.78, 5) is 11.2. The first kappa shape index (κ1) is 13.9. The lowest BCUT2D eigenvalue weighted by Crippen LogP contribution is -2.04. The summed E-state index contributed by atoms with van der Waals surface area (Å²) in [6, 6.07) is 12.8. The van der Waals surface area contributed by atoms with E-state index in [1.807, 2.05) is 18.2 Å². The Labute approximate surface area is 118 Å². The van der Waals surface area contributed by atoms with E-state index in [0.29, 0.717) is 17.3 Å². The molecule has 2 aromatic carbocycles. The van der Waals surface area contributed by atoms with Crippen LogP contribution < -0.4 is 11.1 Å². The fourth-order valence-electron chi connectivity index (χ4n) is 1.98. The number of benzene rings is 2. The maximum atomic E-state index is 11.2. The third-order valence-corrected chi connectivity index (χ3v) is 3.11. The van der Waals surface area contributed by atoms with Crippen molar-refractivity contribution < 1.29 is 9.90 Å². The molecule has 0 unspecified atom stereocenters. The van der Waals surface area contributed by atoms with E-state index >= 15 is 0 Å². The van der Waals surface area contributed by atoms with Crippen molar-refractivity contribution in [3.05, 3.63) is 53.6 Å². The summed E-state index contributed by atoms with van der Waals surface area (Å²) in [5.74, 6) is -0.582. The molecule has 0 heterocycles. The molecule has 0 amide bonds. The first-order chi connectivity index (χ1) is 9.47. The summed E-state index contributed by atoms with van der Waals surface area (Å²) in [7, 11) is 0. The molecule has 104 valence electrons. The van der Waals surface area contributed by atoms with Crippen molar-refractivity contribution in [3.8, 4) is 0 Å². The average Bonchev–Trinajstić information content (AvgIpc) is 2.41. The van der Waals surface area contributed by atoms with E-state index in [2.05, 4.69) is 25.2 Å². The second-order valence-corrected chi connectivity index (χ2v) is 5.02. The zero-order valence-electron chi connectivity index (χ0n) is 11.6. The topological polar surface area (TPSA) is 75.3 Å². The molecule has 0 atom stereocenters. The molecule has 4 heteroatoms. The van der Waals surface area contributed by atoms with Gasteiger partial charge in [-0.15, -0.1) is 0 Å². The number of rotatable bonds is 4. The Morgan fingerprint density at radius 3 is 2.60 bits per heavy atom. The predicted molar refractivity (Wildman–Crippen MR) is 81.6 cm³/mol. The van der Waals surface area contributed by atoms with Gasteiger partial charge in [-0.25, -0.2) is 4.79 Å². The predicted octanol–water partition coefficient (Wildman–Crippen LogP) is 3.83. The number of anilines is 3. The number of nitrogens with two attached hydrogens (primary N) is 1. The summed E-state index contributed by atoms with van der Waals surface area (Å²) in [6.07, 6.45) is 0. The molecule has 0 aliphatic heterocycles. The molecule has 0 aromatic heterocycles. The van der Waals surface area contributed by atoms with E-state index in [1.165, 1.54) is 11.6 Å². The molecular formula is C16H18N2O2. The summed E-state index contributed by atoms with van der Waals surface area (Å²) in [5, 5.41) is 12.4. The van der Waals surface area contributed by atoms with E-state index in [4.69, 9.17) is 5.73 Å². The molecule has 0 aliphatic carbocycles. The van der Waals surface area contributed by atoms with Crippen molar-refractivity contribution in [2.45, 2.75) is 19.8 Å². The van der Waals surface area contributed by atoms with Gasteiger partial charge < -0.3 is 16.2 Å². The largest absolute Gasteiger partial charge is 0.478 e. The van der Waals surface area contributed by atoms with E-state index in [0.717, 1.165) is 5.69 Å². The van der Waals surface area contributed by atoms with Gasteiger partial charge in [0, 0.05) is 11.4 Å². The first-order valence-corrected chi connectivity index (χ1v) is 6.47. The van der Waals surface area contributed by atoms with Crippen LogP contribution in [0.15, 0.2) is 42.5 Å². The first-order valence-electron chi connectivity index (χ1n) is 6.47. The molecule has 0 spiro atoms. The van der Waals surface area contributed by atoms with Crippen LogP contribution in [0.2, 0.25) is 0 Å². The molecule has 0 fully saturated rings. The van der Waals surface area contributed by atoms with Crippen LogP contribution >= 0.6 is 0 Å². The van der Waals surface area contributed by atoms with Crippen molar-refractivity contribution >= 4 is 23.0 Å². The van der Waals surface area contributed by atoms with Gasteiger partial charge in [0.25, 0.3) is 0 Å². The van der Waals surface area contributed by atoms with Crippen LogP contribution in [-0.2, 0) is 0 Å². The van der Waals surface area contributed by atoms with E-state index in [1.54, 1.807) is 12.1 Å². The Kier molecular flexibility index (Phi) is 3.94. The number of aromatic carboxylic acids is 1.